The van der Waals surface area contributed by atoms with Gasteiger partial charge < -0.3 is 0 Å². The van der Waals surface area contributed by atoms with E-state index in [-0.39, 0.29) is 5.38 Å². The molecule has 0 spiro atoms. The van der Waals surface area contributed by atoms with Gasteiger partial charge in [-0.1, -0.05) is 58.8 Å². The Hall–Kier alpha value is -0.500. The third-order valence-electron chi connectivity index (χ3n) is 3.61. The minimum absolute atomic E-state index is 0.118. The van der Waals surface area contributed by atoms with Crippen molar-refractivity contribution in [2.45, 2.75) is 83.6 Å². The van der Waals surface area contributed by atoms with Gasteiger partial charge in [-0.15, -0.1) is 11.6 Å². The number of hydrogen-bond donors (Lipinski definition) is 0. The summed E-state index contributed by atoms with van der Waals surface area (Å²) in [5.74, 6) is 0. The van der Waals surface area contributed by atoms with E-state index in [4.69, 9.17) is 11.6 Å². The van der Waals surface area contributed by atoms with E-state index in [1.165, 1.54) is 51.4 Å². The standard InChI is InChI=1S/C16H29ClN2/c1-3-5-6-7-8-9-10-11-12-19-14-15(13-18-19)16(17)4-2/h13-14,16H,3-12H2,1-2H3. The lowest BCUT2D eigenvalue weighted by Crippen LogP contribution is -1.98. The molecule has 3 heteroatoms. The number of unbranched alkanes of at least 4 members (excludes halogenated alkanes) is 7. The molecule has 1 rings (SSSR count). The number of aromatic nitrogens is 2. The second-order valence-corrected chi connectivity index (χ2v) is 5.91. The quantitative estimate of drug-likeness (QED) is 0.376. The number of nitrogens with zero attached hydrogens (tertiary/aromatic N) is 2. The maximum absolute atomic E-state index is 6.19. The largest absolute Gasteiger partial charge is 0.272 e. The Morgan fingerprint density at radius 3 is 2.32 bits per heavy atom. The van der Waals surface area contributed by atoms with Crippen LogP contribution >= 0.6 is 11.6 Å². The minimum atomic E-state index is 0.118. The molecule has 0 N–H and O–H groups in total. The van der Waals surface area contributed by atoms with Gasteiger partial charge in [0.05, 0.1) is 11.6 Å². The summed E-state index contributed by atoms with van der Waals surface area (Å²) in [6.07, 6.45) is 15.8. The van der Waals surface area contributed by atoms with Crippen molar-refractivity contribution in [2.24, 2.45) is 0 Å². The molecule has 0 aliphatic rings. The van der Waals surface area contributed by atoms with Crippen LogP contribution in [0.1, 0.15) is 82.6 Å². The van der Waals surface area contributed by atoms with Crippen LogP contribution in [0.4, 0.5) is 0 Å². The number of hydrogen-bond acceptors (Lipinski definition) is 1. The second-order valence-electron chi connectivity index (χ2n) is 5.39. The molecule has 1 aromatic heterocycles. The van der Waals surface area contributed by atoms with Crippen LogP contribution in [0.5, 0.6) is 0 Å². The predicted octanol–water partition coefficient (Wildman–Crippen LogP) is 5.71. The van der Waals surface area contributed by atoms with Gasteiger partial charge in [0.2, 0.25) is 0 Å². The molecule has 1 unspecified atom stereocenters. The summed E-state index contributed by atoms with van der Waals surface area (Å²) in [4.78, 5) is 0. The highest BCUT2D eigenvalue weighted by molar-refractivity contribution is 6.20. The maximum Gasteiger partial charge on any atom is 0.0613 e. The smallest absolute Gasteiger partial charge is 0.0613 e. The molecule has 0 bridgehead atoms. The lowest BCUT2D eigenvalue weighted by atomic mass is 10.1. The summed E-state index contributed by atoms with van der Waals surface area (Å²) in [5, 5.41) is 4.49. The van der Waals surface area contributed by atoms with Gasteiger partial charge >= 0.3 is 0 Å². The van der Waals surface area contributed by atoms with Crippen LogP contribution in [-0.4, -0.2) is 9.78 Å². The molecule has 2 nitrogen and oxygen atoms in total. The van der Waals surface area contributed by atoms with Gasteiger partial charge in [-0.05, 0) is 12.8 Å². The van der Waals surface area contributed by atoms with Gasteiger partial charge in [-0.3, -0.25) is 4.68 Å². The van der Waals surface area contributed by atoms with Gasteiger partial charge in [0.1, 0.15) is 0 Å². The molecule has 19 heavy (non-hydrogen) atoms. The first-order chi connectivity index (χ1) is 9.27. The van der Waals surface area contributed by atoms with E-state index in [0.717, 1.165) is 18.5 Å². The maximum atomic E-state index is 6.19. The molecular formula is C16H29ClN2. The SMILES string of the molecule is CCCCCCCCCCn1cc(C(Cl)CC)cn1. The predicted molar refractivity (Wildman–Crippen MR) is 83.7 cm³/mol. The van der Waals surface area contributed by atoms with Crippen molar-refractivity contribution >= 4 is 11.6 Å². The van der Waals surface area contributed by atoms with Crippen molar-refractivity contribution in [1.82, 2.24) is 9.78 Å². The fraction of sp³-hybridized carbons (Fsp3) is 0.812. The van der Waals surface area contributed by atoms with Gasteiger partial charge in [0.25, 0.3) is 0 Å². The fourth-order valence-electron chi connectivity index (χ4n) is 2.31. The molecule has 0 aliphatic heterocycles. The number of aryl methyl sites for hydroxylation is 1. The Morgan fingerprint density at radius 2 is 1.68 bits per heavy atom. The molecule has 0 aromatic carbocycles. The molecule has 1 heterocycles. The number of rotatable bonds is 11. The Kier molecular flexibility index (Phi) is 8.98. The lowest BCUT2D eigenvalue weighted by Gasteiger charge is -2.03. The Labute approximate surface area is 123 Å². The van der Waals surface area contributed by atoms with Gasteiger partial charge in [-0.25, -0.2) is 0 Å². The van der Waals surface area contributed by atoms with Gasteiger partial charge in [-0.2, -0.15) is 5.10 Å². The molecule has 0 fully saturated rings. The summed E-state index contributed by atoms with van der Waals surface area (Å²) < 4.78 is 2.04. The third kappa shape index (κ3) is 7.00. The molecule has 0 aliphatic carbocycles. The van der Waals surface area contributed by atoms with Crippen molar-refractivity contribution in [3.05, 3.63) is 18.0 Å². The van der Waals surface area contributed by atoms with Crippen LogP contribution in [0.3, 0.4) is 0 Å². The first kappa shape index (κ1) is 16.6. The van der Waals surface area contributed by atoms with Crippen LogP contribution in [0.15, 0.2) is 12.4 Å². The van der Waals surface area contributed by atoms with Crippen molar-refractivity contribution in [2.75, 3.05) is 0 Å². The van der Waals surface area contributed by atoms with Crippen LogP contribution in [0.25, 0.3) is 0 Å². The van der Waals surface area contributed by atoms with Gasteiger partial charge in [0.15, 0.2) is 0 Å². The van der Waals surface area contributed by atoms with Crippen LogP contribution in [-0.2, 0) is 6.54 Å². The summed E-state index contributed by atoms with van der Waals surface area (Å²) in [5.41, 5.74) is 1.16. The van der Waals surface area contributed by atoms with Crippen molar-refractivity contribution in [3.63, 3.8) is 0 Å². The van der Waals surface area contributed by atoms with E-state index < -0.39 is 0 Å². The summed E-state index contributed by atoms with van der Waals surface area (Å²) >= 11 is 6.19. The molecule has 0 radical (unpaired) electrons. The van der Waals surface area contributed by atoms with E-state index in [9.17, 15) is 0 Å². The zero-order valence-corrected chi connectivity index (χ0v) is 13.3. The topological polar surface area (TPSA) is 17.8 Å². The molecule has 1 atom stereocenters. The number of alkyl halides is 1. The monoisotopic (exact) mass is 284 g/mol. The summed E-state index contributed by atoms with van der Waals surface area (Å²) in [6, 6.07) is 0. The molecular weight excluding hydrogens is 256 g/mol. The van der Waals surface area contributed by atoms with E-state index in [1.807, 2.05) is 10.9 Å². The Bertz CT molecular complexity index is 322. The van der Waals surface area contributed by atoms with Crippen molar-refractivity contribution in [1.29, 1.82) is 0 Å². The first-order valence-electron chi connectivity index (χ1n) is 7.94. The third-order valence-corrected chi connectivity index (χ3v) is 4.17. The molecule has 1 aromatic rings. The van der Waals surface area contributed by atoms with Crippen molar-refractivity contribution < 1.29 is 0 Å². The highest BCUT2D eigenvalue weighted by atomic mass is 35.5. The van der Waals surface area contributed by atoms with Crippen LogP contribution < -0.4 is 0 Å². The molecule has 0 saturated heterocycles. The lowest BCUT2D eigenvalue weighted by molar-refractivity contribution is 0.519. The summed E-state index contributed by atoms with van der Waals surface area (Å²) in [7, 11) is 0. The Balaban J connectivity index is 2.04. The fourth-order valence-corrected chi connectivity index (χ4v) is 2.42. The second kappa shape index (κ2) is 10.3. The van der Waals surface area contributed by atoms with Crippen LogP contribution in [0, 0.1) is 0 Å². The molecule has 0 amide bonds. The normalized spacial score (nSPS) is 12.8. The zero-order chi connectivity index (χ0) is 13.9. The van der Waals surface area contributed by atoms with Crippen molar-refractivity contribution in [3.8, 4) is 0 Å². The summed E-state index contributed by atoms with van der Waals surface area (Å²) in [6.45, 7) is 5.40. The average molecular weight is 285 g/mol. The van der Waals surface area contributed by atoms with Gasteiger partial charge in [0, 0.05) is 18.3 Å². The Morgan fingerprint density at radius 1 is 1.05 bits per heavy atom. The van der Waals surface area contributed by atoms with E-state index in [2.05, 4.69) is 25.1 Å². The molecule has 0 saturated carbocycles. The highest BCUT2D eigenvalue weighted by Gasteiger charge is 2.07. The number of halogens is 1. The van der Waals surface area contributed by atoms with E-state index in [1.54, 1.807) is 0 Å². The average Bonchev–Trinajstić information content (AvgIpc) is 2.89. The van der Waals surface area contributed by atoms with E-state index in [0.29, 0.717) is 0 Å². The zero-order valence-electron chi connectivity index (χ0n) is 12.6. The van der Waals surface area contributed by atoms with E-state index >= 15 is 0 Å². The van der Waals surface area contributed by atoms with Crippen LogP contribution in [0.2, 0.25) is 0 Å². The molecule has 110 valence electrons. The highest BCUT2D eigenvalue weighted by Crippen LogP contribution is 2.22. The minimum Gasteiger partial charge on any atom is -0.272 e. The first-order valence-corrected chi connectivity index (χ1v) is 8.38.